The Bertz CT molecular complexity index is 1230. The molecule has 0 aliphatic rings. The molecule has 9 nitrogen and oxygen atoms in total. The SMILES string of the molecule is CCOc1cc(-c2[nH]c(=O)[nH+]c3c2c(=O)n(C)c(=O)n3C)cc(Br)c1OC. The van der Waals surface area contributed by atoms with Crippen molar-refractivity contribution in [2.75, 3.05) is 13.7 Å². The van der Waals surface area contributed by atoms with Crippen molar-refractivity contribution in [2.24, 2.45) is 14.1 Å². The second kappa shape index (κ2) is 7.03. The Labute approximate surface area is 161 Å². The van der Waals surface area contributed by atoms with Crippen LogP contribution in [0.4, 0.5) is 0 Å². The summed E-state index contributed by atoms with van der Waals surface area (Å²) in [6, 6.07) is 3.37. The van der Waals surface area contributed by atoms with Gasteiger partial charge in [0, 0.05) is 12.6 Å². The van der Waals surface area contributed by atoms with E-state index in [9.17, 15) is 14.4 Å². The molecule has 1 aromatic carbocycles. The maximum atomic E-state index is 12.8. The predicted octanol–water partition coefficient (Wildman–Crippen LogP) is 0.576. The van der Waals surface area contributed by atoms with E-state index in [1.54, 1.807) is 12.1 Å². The number of halogens is 1. The van der Waals surface area contributed by atoms with Gasteiger partial charge in [0.1, 0.15) is 5.69 Å². The van der Waals surface area contributed by atoms with Crippen LogP contribution in [0.5, 0.6) is 11.5 Å². The molecular formula is C17H18BrN4O5+. The summed E-state index contributed by atoms with van der Waals surface area (Å²) in [5.41, 5.74) is -0.684. The predicted molar refractivity (Wildman–Crippen MR) is 102 cm³/mol. The maximum absolute atomic E-state index is 12.8. The Morgan fingerprint density at radius 1 is 1.19 bits per heavy atom. The Balaban J connectivity index is 2.48. The first-order valence-electron chi connectivity index (χ1n) is 8.06. The molecule has 0 saturated heterocycles. The second-order valence-corrected chi connectivity index (χ2v) is 6.66. The molecule has 2 aromatic heterocycles. The minimum Gasteiger partial charge on any atom is -0.492 e. The minimum absolute atomic E-state index is 0.131. The first-order valence-corrected chi connectivity index (χ1v) is 8.85. The highest BCUT2D eigenvalue weighted by Gasteiger charge is 2.23. The van der Waals surface area contributed by atoms with Crippen molar-refractivity contribution in [1.29, 1.82) is 0 Å². The van der Waals surface area contributed by atoms with E-state index in [1.165, 1.54) is 25.8 Å². The number of aromatic nitrogens is 4. The van der Waals surface area contributed by atoms with Crippen molar-refractivity contribution in [3.8, 4) is 22.8 Å². The van der Waals surface area contributed by atoms with Gasteiger partial charge in [-0.2, -0.15) is 0 Å². The third kappa shape index (κ3) is 3.05. The Hall–Kier alpha value is -2.88. The zero-order valence-corrected chi connectivity index (χ0v) is 16.8. The largest absolute Gasteiger partial charge is 0.492 e. The molecule has 0 bridgehead atoms. The lowest BCUT2D eigenvalue weighted by Crippen LogP contribution is -2.43. The smallest absolute Gasteiger partial charge is 0.439 e. The lowest BCUT2D eigenvalue weighted by molar-refractivity contribution is -0.374. The summed E-state index contributed by atoms with van der Waals surface area (Å²) < 4.78 is 13.8. The number of hydrogen-bond donors (Lipinski definition) is 1. The van der Waals surface area contributed by atoms with Crippen LogP contribution in [0.15, 0.2) is 31.0 Å². The summed E-state index contributed by atoms with van der Waals surface area (Å²) in [6.07, 6.45) is 0. The van der Waals surface area contributed by atoms with Gasteiger partial charge >= 0.3 is 11.4 Å². The van der Waals surface area contributed by atoms with Crippen LogP contribution in [0, 0.1) is 0 Å². The molecule has 0 atom stereocenters. The molecule has 0 fully saturated rings. The number of fused-ring (bicyclic) bond motifs is 1. The van der Waals surface area contributed by atoms with Crippen molar-refractivity contribution >= 4 is 27.0 Å². The van der Waals surface area contributed by atoms with Crippen molar-refractivity contribution in [2.45, 2.75) is 6.92 Å². The maximum Gasteiger partial charge on any atom is 0.439 e. The molecule has 0 amide bonds. The van der Waals surface area contributed by atoms with E-state index >= 15 is 0 Å². The molecule has 0 unspecified atom stereocenters. The first kappa shape index (κ1) is 18.9. The molecule has 0 spiro atoms. The minimum atomic E-state index is -0.550. The lowest BCUT2D eigenvalue weighted by Gasteiger charge is -2.13. The second-order valence-electron chi connectivity index (χ2n) is 5.81. The fourth-order valence-corrected chi connectivity index (χ4v) is 3.52. The summed E-state index contributed by atoms with van der Waals surface area (Å²) in [5, 5.41) is 0.179. The fourth-order valence-electron chi connectivity index (χ4n) is 2.92. The van der Waals surface area contributed by atoms with Crippen LogP contribution in [0.2, 0.25) is 0 Å². The number of hydrogen-bond acceptors (Lipinski definition) is 5. The average Bonchev–Trinajstić information content (AvgIpc) is 2.64. The molecule has 10 heteroatoms. The zero-order chi connectivity index (χ0) is 19.9. The fraction of sp³-hybridized carbons (Fsp3) is 0.294. The van der Waals surface area contributed by atoms with E-state index in [4.69, 9.17) is 9.47 Å². The van der Waals surface area contributed by atoms with Gasteiger partial charge in [0.25, 0.3) is 5.56 Å². The molecule has 0 aliphatic heterocycles. The summed E-state index contributed by atoms with van der Waals surface area (Å²) in [5.74, 6) is 0.947. The quantitative estimate of drug-likeness (QED) is 0.641. The number of aryl methyl sites for hydroxylation is 1. The highest BCUT2D eigenvalue weighted by atomic mass is 79.9. The van der Waals surface area contributed by atoms with Gasteiger partial charge in [-0.1, -0.05) is 0 Å². The van der Waals surface area contributed by atoms with E-state index in [0.717, 1.165) is 4.57 Å². The highest BCUT2D eigenvalue weighted by Crippen LogP contribution is 2.39. The number of rotatable bonds is 4. The number of methoxy groups -OCH3 is 1. The van der Waals surface area contributed by atoms with Crippen LogP contribution in [-0.4, -0.2) is 27.8 Å². The van der Waals surface area contributed by atoms with Crippen LogP contribution in [0.25, 0.3) is 22.3 Å². The highest BCUT2D eigenvalue weighted by molar-refractivity contribution is 9.10. The van der Waals surface area contributed by atoms with Gasteiger partial charge in [-0.3, -0.25) is 4.79 Å². The molecule has 27 heavy (non-hydrogen) atoms. The molecular weight excluding hydrogens is 420 g/mol. The van der Waals surface area contributed by atoms with E-state index in [2.05, 4.69) is 25.9 Å². The van der Waals surface area contributed by atoms with Crippen LogP contribution < -0.4 is 31.4 Å². The van der Waals surface area contributed by atoms with Crippen molar-refractivity contribution in [1.82, 2.24) is 14.1 Å². The molecule has 0 saturated carbocycles. The number of nitrogens with one attached hydrogen (secondary N) is 2. The van der Waals surface area contributed by atoms with Gasteiger partial charge in [-0.05, 0) is 35.0 Å². The van der Waals surface area contributed by atoms with E-state index in [0.29, 0.717) is 28.1 Å². The number of H-pyrrole nitrogens is 2. The molecule has 0 radical (unpaired) electrons. The number of aromatic amines is 2. The summed E-state index contributed by atoms with van der Waals surface area (Å²) in [7, 11) is 4.39. The topological polar surface area (TPSA) is 109 Å². The van der Waals surface area contributed by atoms with Crippen molar-refractivity contribution in [3.05, 3.63) is 47.9 Å². The number of benzene rings is 1. The third-order valence-electron chi connectivity index (χ3n) is 4.19. The molecule has 142 valence electrons. The number of nitrogens with zero attached hydrogens (tertiary/aromatic N) is 2. The average molecular weight is 438 g/mol. The Morgan fingerprint density at radius 2 is 1.89 bits per heavy atom. The number of ether oxygens (including phenoxy) is 2. The van der Waals surface area contributed by atoms with Crippen LogP contribution in [-0.2, 0) is 14.1 Å². The van der Waals surface area contributed by atoms with Gasteiger partial charge in [-0.15, -0.1) is 0 Å². The lowest BCUT2D eigenvalue weighted by atomic mass is 10.1. The molecule has 2 heterocycles. The van der Waals surface area contributed by atoms with Crippen LogP contribution in [0.1, 0.15) is 6.92 Å². The van der Waals surface area contributed by atoms with Gasteiger partial charge < -0.3 is 9.47 Å². The van der Waals surface area contributed by atoms with E-state index in [-0.39, 0.29) is 16.7 Å². The summed E-state index contributed by atoms with van der Waals surface area (Å²) in [4.78, 5) is 42.3. The van der Waals surface area contributed by atoms with Crippen molar-refractivity contribution in [3.63, 3.8) is 0 Å². The van der Waals surface area contributed by atoms with Gasteiger partial charge in [-0.25, -0.2) is 28.7 Å². The van der Waals surface area contributed by atoms with Gasteiger partial charge in [0.05, 0.1) is 25.2 Å². The molecule has 0 aliphatic carbocycles. The first-order chi connectivity index (χ1) is 12.8. The summed E-state index contributed by atoms with van der Waals surface area (Å²) >= 11 is 3.42. The third-order valence-corrected chi connectivity index (χ3v) is 4.78. The van der Waals surface area contributed by atoms with Crippen LogP contribution in [0.3, 0.4) is 0 Å². The zero-order valence-electron chi connectivity index (χ0n) is 15.2. The standard InChI is InChI=1S/C17H17BrN4O5/c1-5-27-10-7-8(6-9(18)13(10)26-4)12-11-14(20-16(24)19-12)21(2)17(25)22(3)15(11)23/h6-7H,5H2,1-4H3,(H,19,20,24)/p+1. The Kier molecular flexibility index (Phi) is 4.92. The molecule has 3 rings (SSSR count). The molecule has 2 N–H and O–H groups in total. The Morgan fingerprint density at radius 3 is 2.52 bits per heavy atom. The van der Waals surface area contributed by atoms with E-state index < -0.39 is 16.9 Å². The van der Waals surface area contributed by atoms with Crippen molar-refractivity contribution < 1.29 is 14.5 Å². The summed E-state index contributed by atoms with van der Waals surface area (Å²) in [6.45, 7) is 2.24. The van der Waals surface area contributed by atoms with Gasteiger partial charge in [0.15, 0.2) is 16.9 Å². The van der Waals surface area contributed by atoms with Crippen LogP contribution >= 0.6 is 15.9 Å². The molecule has 3 aromatic rings. The van der Waals surface area contributed by atoms with E-state index in [1.807, 2.05) is 6.92 Å². The van der Waals surface area contributed by atoms with Gasteiger partial charge in [0.2, 0.25) is 5.65 Å². The normalized spacial score (nSPS) is 11.0. The monoisotopic (exact) mass is 437 g/mol.